The first-order valence-electron chi connectivity index (χ1n) is 12.2. The number of aliphatic hydroxyl groups is 1. The summed E-state index contributed by atoms with van der Waals surface area (Å²) in [6.07, 6.45) is 0. The average molecular weight is 479 g/mol. The topological polar surface area (TPSA) is 70.1 Å². The molecule has 1 amide bonds. The lowest BCUT2D eigenvalue weighted by Crippen LogP contribution is -2.35. The van der Waals surface area contributed by atoms with Gasteiger partial charge in [-0.1, -0.05) is 58.9 Å². The van der Waals surface area contributed by atoms with E-state index in [0.717, 1.165) is 11.1 Å². The molecule has 0 bridgehead atoms. The number of carbonyl (C=O) groups excluding carboxylic acids is 2. The number of hydrogen-bond acceptors (Lipinski definition) is 5. The fourth-order valence-electron chi connectivity index (χ4n) is 4.06. The summed E-state index contributed by atoms with van der Waals surface area (Å²) < 4.78 is 5.73. The number of aliphatic hydroxyl groups excluding tert-OH is 1. The summed E-state index contributed by atoms with van der Waals surface area (Å²) >= 11 is 0. The first kappa shape index (κ1) is 26.5. The number of Topliss-reactive ketones (excluding diaryl/α,β-unsaturated/α-hetero) is 1. The molecule has 1 aliphatic rings. The summed E-state index contributed by atoms with van der Waals surface area (Å²) in [6, 6.07) is 14.3. The van der Waals surface area contributed by atoms with Gasteiger partial charge in [-0.2, -0.15) is 0 Å². The van der Waals surface area contributed by atoms with Crippen molar-refractivity contribution in [2.75, 3.05) is 33.8 Å². The highest BCUT2D eigenvalue weighted by Crippen LogP contribution is 2.40. The smallest absolute Gasteiger partial charge is 0.295 e. The number of ketones is 1. The third-order valence-electron chi connectivity index (χ3n) is 6.13. The minimum atomic E-state index is -0.661. The third-order valence-corrected chi connectivity index (χ3v) is 6.13. The van der Waals surface area contributed by atoms with Crippen LogP contribution in [0.5, 0.6) is 5.75 Å². The molecule has 0 saturated carbocycles. The molecule has 6 nitrogen and oxygen atoms in total. The van der Waals surface area contributed by atoms with E-state index < -0.39 is 17.7 Å². The SMILES string of the molecule is CC(C)COc1ccc(/C(O)=C2\C(=O)C(=O)N(CCN(C)C)C2c2ccc(C(C)(C)C)cc2)cc1. The first-order chi connectivity index (χ1) is 16.4. The van der Waals surface area contributed by atoms with E-state index in [1.807, 2.05) is 43.3 Å². The van der Waals surface area contributed by atoms with Crippen LogP contribution >= 0.6 is 0 Å². The Morgan fingerprint density at radius 1 is 1.03 bits per heavy atom. The molecule has 1 atom stereocenters. The molecule has 0 aliphatic carbocycles. The van der Waals surface area contributed by atoms with E-state index in [-0.39, 0.29) is 16.7 Å². The second-order valence-corrected chi connectivity index (χ2v) is 10.9. The van der Waals surface area contributed by atoms with Gasteiger partial charge in [-0.25, -0.2) is 0 Å². The van der Waals surface area contributed by atoms with Crippen LogP contribution in [0.2, 0.25) is 0 Å². The van der Waals surface area contributed by atoms with Crippen LogP contribution in [0.4, 0.5) is 0 Å². The van der Waals surface area contributed by atoms with Crippen LogP contribution in [0.15, 0.2) is 54.1 Å². The van der Waals surface area contributed by atoms with Crippen molar-refractivity contribution < 1.29 is 19.4 Å². The number of likely N-dealkylation sites (tertiary alicyclic amines) is 1. The quantitative estimate of drug-likeness (QED) is 0.328. The van der Waals surface area contributed by atoms with E-state index in [4.69, 9.17) is 4.74 Å². The van der Waals surface area contributed by atoms with Crippen LogP contribution in [0.25, 0.3) is 5.76 Å². The molecule has 1 heterocycles. The standard InChI is InChI=1S/C29H38N2O4/c1-19(2)18-35-23-14-10-21(11-15-23)26(32)24-25(20-8-12-22(13-9-20)29(3,4)5)31(17-16-30(6)7)28(34)27(24)33/h8-15,19,25,32H,16-18H2,1-7H3/b26-24+. The lowest BCUT2D eigenvalue weighted by molar-refractivity contribution is -0.140. The van der Waals surface area contributed by atoms with Crippen molar-refractivity contribution in [3.8, 4) is 5.75 Å². The number of likely N-dealkylation sites (N-methyl/N-ethyl adjacent to an activating group) is 1. The Kier molecular flexibility index (Phi) is 8.06. The van der Waals surface area contributed by atoms with Gasteiger partial charge in [0.2, 0.25) is 0 Å². The van der Waals surface area contributed by atoms with Gasteiger partial charge in [-0.05, 0) is 60.8 Å². The van der Waals surface area contributed by atoms with Gasteiger partial charge in [-0.15, -0.1) is 0 Å². The number of carbonyl (C=O) groups is 2. The summed E-state index contributed by atoms with van der Waals surface area (Å²) in [4.78, 5) is 29.8. The summed E-state index contributed by atoms with van der Waals surface area (Å²) in [7, 11) is 3.85. The number of hydrogen-bond donors (Lipinski definition) is 1. The summed E-state index contributed by atoms with van der Waals surface area (Å²) in [5, 5.41) is 11.3. The highest BCUT2D eigenvalue weighted by Gasteiger charge is 2.45. The van der Waals surface area contributed by atoms with Gasteiger partial charge in [0.15, 0.2) is 0 Å². The maximum absolute atomic E-state index is 13.2. The molecule has 188 valence electrons. The summed E-state index contributed by atoms with van der Waals surface area (Å²) in [5.74, 6) is -0.334. The Morgan fingerprint density at radius 2 is 1.63 bits per heavy atom. The predicted molar refractivity (Wildman–Crippen MR) is 139 cm³/mol. The van der Waals surface area contributed by atoms with E-state index in [1.54, 1.807) is 29.2 Å². The molecule has 2 aromatic carbocycles. The van der Waals surface area contributed by atoms with Crippen LogP contribution in [0, 0.1) is 5.92 Å². The summed E-state index contributed by atoms with van der Waals surface area (Å²) in [6.45, 7) is 12.1. The van der Waals surface area contributed by atoms with Crippen molar-refractivity contribution >= 4 is 17.4 Å². The number of nitrogens with zero attached hydrogens (tertiary/aromatic N) is 2. The van der Waals surface area contributed by atoms with Gasteiger partial charge in [0.25, 0.3) is 11.7 Å². The Balaban J connectivity index is 2.04. The van der Waals surface area contributed by atoms with E-state index in [2.05, 4.69) is 34.6 Å². The number of amides is 1. The average Bonchev–Trinajstić information content (AvgIpc) is 3.05. The maximum atomic E-state index is 13.2. The van der Waals surface area contributed by atoms with Crippen LogP contribution in [-0.4, -0.2) is 60.4 Å². The fourth-order valence-corrected chi connectivity index (χ4v) is 4.06. The monoisotopic (exact) mass is 478 g/mol. The molecule has 6 heteroatoms. The highest BCUT2D eigenvalue weighted by atomic mass is 16.5. The van der Waals surface area contributed by atoms with Crippen molar-refractivity contribution in [1.29, 1.82) is 0 Å². The van der Waals surface area contributed by atoms with Gasteiger partial charge >= 0.3 is 0 Å². The lowest BCUT2D eigenvalue weighted by atomic mass is 9.85. The molecule has 0 spiro atoms. The van der Waals surface area contributed by atoms with Gasteiger partial charge in [0.1, 0.15) is 11.5 Å². The lowest BCUT2D eigenvalue weighted by Gasteiger charge is -2.27. The van der Waals surface area contributed by atoms with E-state index >= 15 is 0 Å². The molecule has 35 heavy (non-hydrogen) atoms. The maximum Gasteiger partial charge on any atom is 0.295 e. The Bertz CT molecular complexity index is 1080. The van der Waals surface area contributed by atoms with Gasteiger partial charge in [0, 0.05) is 18.7 Å². The number of ether oxygens (including phenoxy) is 1. The zero-order valence-electron chi connectivity index (χ0n) is 22.0. The van der Waals surface area contributed by atoms with Crippen LogP contribution in [-0.2, 0) is 15.0 Å². The molecular weight excluding hydrogens is 440 g/mol. The molecule has 1 unspecified atom stereocenters. The van der Waals surface area contributed by atoms with Crippen molar-refractivity contribution in [2.45, 2.75) is 46.1 Å². The molecular formula is C29H38N2O4. The minimum Gasteiger partial charge on any atom is -0.507 e. The normalized spacial score (nSPS) is 18.1. The zero-order valence-corrected chi connectivity index (χ0v) is 22.0. The predicted octanol–water partition coefficient (Wildman–Crippen LogP) is 5.00. The van der Waals surface area contributed by atoms with Crippen LogP contribution in [0.1, 0.15) is 57.4 Å². The van der Waals surface area contributed by atoms with Crippen LogP contribution in [0.3, 0.4) is 0 Å². The largest absolute Gasteiger partial charge is 0.507 e. The second-order valence-electron chi connectivity index (χ2n) is 10.9. The number of benzene rings is 2. The molecule has 0 aromatic heterocycles. The van der Waals surface area contributed by atoms with Crippen LogP contribution < -0.4 is 4.74 Å². The Hall–Kier alpha value is -3.12. The van der Waals surface area contributed by atoms with Crippen molar-refractivity contribution in [3.63, 3.8) is 0 Å². The van der Waals surface area contributed by atoms with Gasteiger partial charge < -0.3 is 19.6 Å². The number of rotatable bonds is 8. The third kappa shape index (κ3) is 6.12. The fraction of sp³-hybridized carbons (Fsp3) is 0.448. The zero-order chi connectivity index (χ0) is 25.9. The molecule has 2 aromatic rings. The minimum absolute atomic E-state index is 0.0232. The van der Waals surface area contributed by atoms with Crippen molar-refractivity contribution in [3.05, 3.63) is 70.8 Å². The molecule has 0 radical (unpaired) electrons. The molecule has 3 rings (SSSR count). The van der Waals surface area contributed by atoms with Gasteiger partial charge in [-0.3, -0.25) is 9.59 Å². The molecule has 1 aliphatic heterocycles. The van der Waals surface area contributed by atoms with E-state index in [0.29, 0.717) is 36.9 Å². The first-order valence-corrected chi connectivity index (χ1v) is 12.2. The molecule has 1 fully saturated rings. The summed E-state index contributed by atoms with van der Waals surface area (Å²) in [5.41, 5.74) is 2.53. The Labute approximate surface area is 209 Å². The molecule has 1 saturated heterocycles. The Morgan fingerprint density at radius 3 is 2.14 bits per heavy atom. The second kappa shape index (κ2) is 10.6. The van der Waals surface area contributed by atoms with Crippen molar-refractivity contribution in [1.82, 2.24) is 9.80 Å². The highest BCUT2D eigenvalue weighted by molar-refractivity contribution is 6.46. The van der Waals surface area contributed by atoms with Crippen molar-refractivity contribution in [2.24, 2.45) is 5.92 Å². The molecule has 1 N–H and O–H groups in total. The van der Waals surface area contributed by atoms with E-state index in [1.165, 1.54) is 0 Å². The van der Waals surface area contributed by atoms with E-state index in [9.17, 15) is 14.7 Å². The van der Waals surface area contributed by atoms with Gasteiger partial charge in [0.05, 0.1) is 18.2 Å².